The zero-order valence-electron chi connectivity index (χ0n) is 12.2. The maximum atomic E-state index is 11.9. The van der Waals surface area contributed by atoms with E-state index in [2.05, 4.69) is 24.4 Å². The fraction of sp³-hybridized carbons (Fsp3) is 0.500. The van der Waals surface area contributed by atoms with Gasteiger partial charge in [0.05, 0.1) is 19.3 Å². The second-order valence-electron chi connectivity index (χ2n) is 5.33. The minimum atomic E-state index is -0.923. The van der Waals surface area contributed by atoms with Crippen LogP contribution >= 0.6 is 0 Å². The van der Waals surface area contributed by atoms with Crippen LogP contribution in [0.1, 0.15) is 24.5 Å². The van der Waals surface area contributed by atoms with Gasteiger partial charge in [0, 0.05) is 6.42 Å². The molecule has 0 spiro atoms. The molecule has 2 unspecified atom stereocenters. The highest BCUT2D eigenvalue weighted by Crippen LogP contribution is 2.14. The summed E-state index contributed by atoms with van der Waals surface area (Å²) in [6, 6.07) is 7.78. The molecule has 5 nitrogen and oxygen atoms in total. The topological polar surface area (TPSA) is 75.6 Å². The van der Waals surface area contributed by atoms with E-state index in [4.69, 9.17) is 9.84 Å². The van der Waals surface area contributed by atoms with Gasteiger partial charge in [-0.15, -0.1) is 0 Å². The van der Waals surface area contributed by atoms with Gasteiger partial charge in [-0.05, 0) is 24.0 Å². The number of nitrogens with one attached hydrogen (secondary N) is 1. The molecule has 0 aliphatic carbocycles. The first kappa shape index (κ1) is 15.5. The Bertz CT molecular complexity index is 498. The van der Waals surface area contributed by atoms with Crippen LogP contribution < -0.4 is 5.32 Å². The lowest BCUT2D eigenvalue weighted by Gasteiger charge is -2.15. The van der Waals surface area contributed by atoms with E-state index in [9.17, 15) is 9.59 Å². The van der Waals surface area contributed by atoms with Crippen molar-refractivity contribution in [3.05, 3.63) is 35.4 Å². The monoisotopic (exact) mass is 291 g/mol. The zero-order valence-corrected chi connectivity index (χ0v) is 12.2. The van der Waals surface area contributed by atoms with Crippen LogP contribution in [-0.2, 0) is 27.2 Å². The van der Waals surface area contributed by atoms with Crippen LogP contribution in [0.2, 0.25) is 0 Å². The van der Waals surface area contributed by atoms with E-state index in [1.807, 2.05) is 12.1 Å². The van der Waals surface area contributed by atoms with Gasteiger partial charge < -0.3 is 15.2 Å². The lowest BCUT2D eigenvalue weighted by molar-refractivity contribution is -0.142. The summed E-state index contributed by atoms with van der Waals surface area (Å²) in [6.45, 7) is 2.54. The Labute approximate surface area is 124 Å². The number of hydrogen-bond donors (Lipinski definition) is 2. The number of carboxylic acid groups (broad SMARTS) is 1. The first-order valence-electron chi connectivity index (χ1n) is 7.28. The van der Waals surface area contributed by atoms with Gasteiger partial charge in [0.1, 0.15) is 5.92 Å². The van der Waals surface area contributed by atoms with Crippen molar-refractivity contribution in [3.8, 4) is 0 Å². The van der Waals surface area contributed by atoms with Crippen LogP contribution in [0.5, 0.6) is 0 Å². The predicted molar refractivity (Wildman–Crippen MR) is 78.0 cm³/mol. The Morgan fingerprint density at radius 1 is 1.24 bits per heavy atom. The Morgan fingerprint density at radius 2 is 1.90 bits per heavy atom. The highest BCUT2D eigenvalue weighted by molar-refractivity contribution is 5.78. The zero-order chi connectivity index (χ0) is 15.2. The van der Waals surface area contributed by atoms with E-state index < -0.39 is 17.9 Å². The molecule has 1 aliphatic rings. The molecule has 5 heteroatoms. The first-order valence-corrected chi connectivity index (χ1v) is 7.28. The number of aliphatic carboxylic acids is 1. The van der Waals surface area contributed by atoms with Crippen molar-refractivity contribution in [3.63, 3.8) is 0 Å². The third-order valence-corrected chi connectivity index (χ3v) is 3.82. The molecule has 0 saturated carbocycles. The highest BCUT2D eigenvalue weighted by atomic mass is 16.5. The molecule has 0 bridgehead atoms. The summed E-state index contributed by atoms with van der Waals surface area (Å²) in [4.78, 5) is 22.9. The van der Waals surface area contributed by atoms with Crippen molar-refractivity contribution in [1.29, 1.82) is 0 Å². The molecule has 1 aromatic rings. The normalized spacial score (nSPS) is 21.2. The average Bonchev–Trinajstić information content (AvgIpc) is 2.94. The lowest BCUT2D eigenvalue weighted by atomic mass is 10.0. The molecule has 1 aliphatic heterocycles. The Hall–Kier alpha value is -1.88. The number of ether oxygens (including phenoxy) is 1. The summed E-state index contributed by atoms with van der Waals surface area (Å²) >= 11 is 0. The van der Waals surface area contributed by atoms with Crippen LogP contribution in [0.15, 0.2) is 24.3 Å². The van der Waals surface area contributed by atoms with Crippen molar-refractivity contribution in [2.24, 2.45) is 5.92 Å². The summed E-state index contributed by atoms with van der Waals surface area (Å²) in [7, 11) is 0. The number of carbonyl (C=O) groups excluding carboxylic acids is 1. The van der Waals surface area contributed by atoms with Crippen molar-refractivity contribution < 1.29 is 19.4 Å². The van der Waals surface area contributed by atoms with Gasteiger partial charge in [-0.3, -0.25) is 9.59 Å². The summed E-state index contributed by atoms with van der Waals surface area (Å²) in [5, 5.41) is 11.8. The van der Waals surface area contributed by atoms with Crippen LogP contribution in [-0.4, -0.2) is 36.2 Å². The molecule has 1 saturated heterocycles. The third kappa shape index (κ3) is 4.29. The molecule has 2 rings (SSSR count). The van der Waals surface area contributed by atoms with Crippen molar-refractivity contribution >= 4 is 11.9 Å². The quantitative estimate of drug-likeness (QED) is 0.830. The number of hydrogen-bond acceptors (Lipinski definition) is 3. The van der Waals surface area contributed by atoms with Gasteiger partial charge in [-0.25, -0.2) is 0 Å². The first-order chi connectivity index (χ1) is 10.1. The molecule has 21 heavy (non-hydrogen) atoms. The largest absolute Gasteiger partial charge is 0.481 e. The van der Waals surface area contributed by atoms with Crippen molar-refractivity contribution in [1.82, 2.24) is 5.32 Å². The summed E-state index contributed by atoms with van der Waals surface area (Å²) in [5.41, 5.74) is 2.38. The molecule has 1 amide bonds. The number of rotatable bonds is 6. The maximum absolute atomic E-state index is 11.9. The smallest absolute Gasteiger partial charge is 0.311 e. The molecule has 2 N–H and O–H groups in total. The highest BCUT2D eigenvalue weighted by Gasteiger charge is 2.34. The van der Waals surface area contributed by atoms with Crippen LogP contribution in [0.4, 0.5) is 0 Å². The van der Waals surface area contributed by atoms with Gasteiger partial charge in [0.15, 0.2) is 0 Å². The molecule has 114 valence electrons. The van der Waals surface area contributed by atoms with E-state index in [-0.39, 0.29) is 19.1 Å². The number of aryl methyl sites for hydroxylation is 2. The molecule has 2 atom stereocenters. The van der Waals surface area contributed by atoms with E-state index in [1.165, 1.54) is 5.56 Å². The van der Waals surface area contributed by atoms with Gasteiger partial charge in [-0.2, -0.15) is 0 Å². The van der Waals surface area contributed by atoms with Gasteiger partial charge in [0.2, 0.25) is 5.91 Å². The van der Waals surface area contributed by atoms with Crippen molar-refractivity contribution in [2.45, 2.75) is 32.2 Å². The number of carboxylic acids is 1. The van der Waals surface area contributed by atoms with E-state index >= 15 is 0 Å². The molecular formula is C16H21NO4. The fourth-order valence-electron chi connectivity index (χ4n) is 2.42. The standard InChI is InChI=1S/C16H21NO4/c1-2-11-3-5-12(6-4-11)7-8-15(18)17-14-10-21-9-13(14)16(19)20/h3-6,13-14H,2,7-10H2,1H3,(H,17,18)(H,19,20). The van der Waals surface area contributed by atoms with E-state index in [0.29, 0.717) is 12.8 Å². The molecule has 1 aromatic carbocycles. The molecule has 1 fully saturated rings. The van der Waals surface area contributed by atoms with Crippen molar-refractivity contribution in [2.75, 3.05) is 13.2 Å². The van der Waals surface area contributed by atoms with Crippen LogP contribution in [0, 0.1) is 5.92 Å². The van der Waals surface area contributed by atoms with E-state index in [0.717, 1.165) is 12.0 Å². The Kier molecular flexibility index (Phi) is 5.33. The van der Waals surface area contributed by atoms with Gasteiger partial charge in [-0.1, -0.05) is 31.2 Å². The summed E-state index contributed by atoms with van der Waals surface area (Å²) in [6.07, 6.45) is 2.01. The minimum absolute atomic E-state index is 0.128. The molecular weight excluding hydrogens is 270 g/mol. The predicted octanol–water partition coefficient (Wildman–Crippen LogP) is 1.40. The van der Waals surface area contributed by atoms with Crippen LogP contribution in [0.3, 0.4) is 0 Å². The SMILES string of the molecule is CCc1ccc(CCC(=O)NC2COCC2C(=O)O)cc1. The molecule has 0 aromatic heterocycles. The second kappa shape index (κ2) is 7.22. The summed E-state index contributed by atoms with van der Waals surface area (Å²) < 4.78 is 5.12. The van der Waals surface area contributed by atoms with E-state index in [1.54, 1.807) is 0 Å². The molecule has 1 heterocycles. The number of benzene rings is 1. The lowest BCUT2D eigenvalue weighted by Crippen LogP contribution is -2.42. The Morgan fingerprint density at radius 3 is 2.52 bits per heavy atom. The third-order valence-electron chi connectivity index (χ3n) is 3.82. The molecule has 0 radical (unpaired) electrons. The minimum Gasteiger partial charge on any atom is -0.481 e. The number of carbonyl (C=O) groups is 2. The Balaban J connectivity index is 1.80. The average molecular weight is 291 g/mol. The number of amides is 1. The summed E-state index contributed by atoms with van der Waals surface area (Å²) in [5.74, 6) is -1.69. The van der Waals surface area contributed by atoms with Crippen LogP contribution in [0.25, 0.3) is 0 Å². The van der Waals surface area contributed by atoms with Gasteiger partial charge in [0.25, 0.3) is 0 Å². The maximum Gasteiger partial charge on any atom is 0.311 e. The second-order valence-corrected chi connectivity index (χ2v) is 5.33. The fourth-order valence-corrected chi connectivity index (χ4v) is 2.42. The van der Waals surface area contributed by atoms with Gasteiger partial charge >= 0.3 is 5.97 Å².